The highest BCUT2D eigenvalue weighted by Crippen LogP contribution is 2.11. The van der Waals surface area contributed by atoms with Gasteiger partial charge in [0.2, 0.25) is 0 Å². The number of nitrogens with zero attached hydrogens (tertiary/aromatic N) is 1. The summed E-state index contributed by atoms with van der Waals surface area (Å²) in [5.74, 6) is 1.64. The largest absolute Gasteiger partial charge is 0.467 e. The molecule has 2 aromatic rings. The fraction of sp³-hybridized carbons (Fsp3) is 0.353. The van der Waals surface area contributed by atoms with Gasteiger partial charge >= 0.3 is 0 Å². The molecule has 0 atom stereocenters. The van der Waals surface area contributed by atoms with Crippen LogP contribution in [-0.4, -0.2) is 26.2 Å². The van der Waals surface area contributed by atoms with E-state index in [0.717, 1.165) is 35.7 Å². The molecule has 0 saturated carbocycles. The number of aliphatic imine (C=N–C) groups is 1. The van der Waals surface area contributed by atoms with E-state index in [9.17, 15) is 0 Å². The number of hydrogen-bond donors (Lipinski definition) is 2. The first-order chi connectivity index (χ1) is 11.3. The first kappa shape index (κ1) is 17.6. The Bertz CT molecular complexity index is 600. The van der Waals surface area contributed by atoms with Gasteiger partial charge in [-0.3, -0.25) is 4.99 Å². The van der Waals surface area contributed by atoms with Crippen LogP contribution in [-0.2, 0) is 17.9 Å². The second-order valence-electron chi connectivity index (χ2n) is 4.97. The number of nitrogens with one attached hydrogen (secondary N) is 2. The zero-order valence-electron chi connectivity index (χ0n) is 13.2. The van der Waals surface area contributed by atoms with Crippen molar-refractivity contribution in [3.63, 3.8) is 0 Å². The predicted octanol–water partition coefficient (Wildman–Crippen LogP) is 3.31. The fourth-order valence-electron chi connectivity index (χ4n) is 2.00. The van der Waals surface area contributed by atoms with Crippen LogP contribution in [0, 0.1) is 0 Å². The third-order valence-corrected chi connectivity index (χ3v) is 3.65. The van der Waals surface area contributed by atoms with Crippen LogP contribution >= 0.6 is 15.9 Å². The molecule has 0 radical (unpaired) electrons. The molecule has 0 aliphatic carbocycles. The second kappa shape index (κ2) is 10.1. The first-order valence-electron chi connectivity index (χ1n) is 7.57. The molecule has 0 aliphatic rings. The minimum atomic E-state index is 0.517. The van der Waals surface area contributed by atoms with Crippen molar-refractivity contribution in [2.45, 2.75) is 19.6 Å². The summed E-state index contributed by atoms with van der Waals surface area (Å²) in [6, 6.07) is 12.0. The monoisotopic (exact) mass is 379 g/mol. The number of furan rings is 1. The van der Waals surface area contributed by atoms with E-state index < -0.39 is 0 Å². The van der Waals surface area contributed by atoms with Crippen LogP contribution in [0.25, 0.3) is 0 Å². The molecule has 6 heteroatoms. The Hall–Kier alpha value is -1.79. The molecule has 23 heavy (non-hydrogen) atoms. The Morgan fingerprint density at radius 3 is 2.91 bits per heavy atom. The number of rotatable bonds is 8. The maximum atomic E-state index is 5.54. The van der Waals surface area contributed by atoms with Crippen molar-refractivity contribution in [1.82, 2.24) is 10.6 Å². The minimum absolute atomic E-state index is 0.517. The van der Waals surface area contributed by atoms with E-state index in [4.69, 9.17) is 9.15 Å². The van der Waals surface area contributed by atoms with Crippen molar-refractivity contribution in [2.75, 3.05) is 20.2 Å². The molecule has 1 aromatic carbocycles. The second-order valence-corrected chi connectivity index (χ2v) is 5.88. The number of guanidine groups is 1. The Balaban J connectivity index is 1.58. The highest BCUT2D eigenvalue weighted by atomic mass is 79.9. The molecule has 0 bridgehead atoms. The lowest BCUT2D eigenvalue weighted by atomic mass is 10.2. The molecule has 124 valence electrons. The molecule has 2 rings (SSSR count). The number of hydrogen-bond acceptors (Lipinski definition) is 3. The molecule has 0 amide bonds. The fourth-order valence-corrected chi connectivity index (χ4v) is 2.45. The Morgan fingerprint density at radius 2 is 2.17 bits per heavy atom. The van der Waals surface area contributed by atoms with Gasteiger partial charge in [-0.2, -0.15) is 0 Å². The van der Waals surface area contributed by atoms with Gasteiger partial charge in [-0.15, -0.1) is 0 Å². The van der Waals surface area contributed by atoms with Crippen LogP contribution in [0.15, 0.2) is 56.5 Å². The third-order valence-electron chi connectivity index (χ3n) is 3.15. The highest BCUT2D eigenvalue weighted by Gasteiger charge is 1.99. The molecule has 0 spiro atoms. The Morgan fingerprint density at radius 1 is 1.26 bits per heavy atom. The summed E-state index contributed by atoms with van der Waals surface area (Å²) in [7, 11) is 1.77. The quantitative estimate of drug-likeness (QED) is 0.419. The van der Waals surface area contributed by atoms with Gasteiger partial charge in [-0.05, 0) is 36.2 Å². The van der Waals surface area contributed by atoms with E-state index in [-0.39, 0.29) is 0 Å². The van der Waals surface area contributed by atoms with Crippen molar-refractivity contribution >= 4 is 21.9 Å². The molecule has 0 aliphatic heterocycles. The predicted molar refractivity (Wildman–Crippen MR) is 95.3 cm³/mol. The van der Waals surface area contributed by atoms with E-state index in [1.807, 2.05) is 24.3 Å². The smallest absolute Gasteiger partial charge is 0.191 e. The van der Waals surface area contributed by atoms with E-state index >= 15 is 0 Å². The van der Waals surface area contributed by atoms with E-state index in [1.54, 1.807) is 13.3 Å². The highest BCUT2D eigenvalue weighted by molar-refractivity contribution is 9.10. The Kier molecular flexibility index (Phi) is 7.69. The number of benzene rings is 1. The molecule has 0 unspecified atom stereocenters. The van der Waals surface area contributed by atoms with Gasteiger partial charge in [-0.1, -0.05) is 28.1 Å². The lowest BCUT2D eigenvalue weighted by Crippen LogP contribution is -2.37. The van der Waals surface area contributed by atoms with Gasteiger partial charge in [0.25, 0.3) is 0 Å². The van der Waals surface area contributed by atoms with Crippen LogP contribution in [0.1, 0.15) is 17.7 Å². The van der Waals surface area contributed by atoms with Crippen LogP contribution in [0.3, 0.4) is 0 Å². The summed E-state index contributed by atoms with van der Waals surface area (Å²) in [5.41, 5.74) is 1.20. The van der Waals surface area contributed by atoms with Crippen molar-refractivity contribution in [2.24, 2.45) is 4.99 Å². The maximum absolute atomic E-state index is 5.54. The van der Waals surface area contributed by atoms with Gasteiger partial charge in [-0.25, -0.2) is 0 Å². The van der Waals surface area contributed by atoms with E-state index in [0.29, 0.717) is 13.2 Å². The van der Waals surface area contributed by atoms with Gasteiger partial charge in [0.1, 0.15) is 12.4 Å². The van der Waals surface area contributed by atoms with Gasteiger partial charge < -0.3 is 19.8 Å². The summed E-state index contributed by atoms with van der Waals surface area (Å²) >= 11 is 3.47. The first-order valence-corrected chi connectivity index (χ1v) is 8.36. The van der Waals surface area contributed by atoms with Gasteiger partial charge in [0, 0.05) is 31.2 Å². The van der Waals surface area contributed by atoms with E-state index in [1.165, 1.54) is 5.56 Å². The van der Waals surface area contributed by atoms with Crippen molar-refractivity contribution in [3.05, 3.63) is 58.5 Å². The van der Waals surface area contributed by atoms with Crippen molar-refractivity contribution in [3.8, 4) is 0 Å². The number of ether oxygens (including phenoxy) is 1. The third kappa shape index (κ3) is 6.88. The summed E-state index contributed by atoms with van der Waals surface area (Å²) in [5, 5.41) is 6.56. The zero-order chi connectivity index (χ0) is 16.3. The lowest BCUT2D eigenvalue weighted by Gasteiger charge is -2.12. The average molecular weight is 380 g/mol. The molecule has 1 aromatic heterocycles. The molecule has 1 heterocycles. The molecule has 0 fully saturated rings. The topological polar surface area (TPSA) is 58.8 Å². The zero-order valence-corrected chi connectivity index (χ0v) is 14.8. The summed E-state index contributed by atoms with van der Waals surface area (Å²) in [6.45, 7) is 2.73. The molecular weight excluding hydrogens is 358 g/mol. The lowest BCUT2D eigenvalue weighted by molar-refractivity contribution is 0.105. The maximum Gasteiger partial charge on any atom is 0.191 e. The van der Waals surface area contributed by atoms with Crippen LogP contribution in [0.4, 0.5) is 0 Å². The van der Waals surface area contributed by atoms with Gasteiger partial charge in [0.15, 0.2) is 5.96 Å². The van der Waals surface area contributed by atoms with Crippen molar-refractivity contribution < 1.29 is 9.15 Å². The average Bonchev–Trinajstić information content (AvgIpc) is 3.07. The van der Waals surface area contributed by atoms with Crippen LogP contribution in [0.2, 0.25) is 0 Å². The molecule has 5 nitrogen and oxygen atoms in total. The Labute approximate surface area is 145 Å². The van der Waals surface area contributed by atoms with E-state index in [2.05, 4.69) is 43.7 Å². The molecular formula is C17H22BrN3O2. The number of halogens is 1. The molecule has 2 N–H and O–H groups in total. The van der Waals surface area contributed by atoms with Crippen LogP contribution in [0.5, 0.6) is 0 Å². The van der Waals surface area contributed by atoms with Crippen molar-refractivity contribution in [1.29, 1.82) is 0 Å². The van der Waals surface area contributed by atoms with Crippen LogP contribution < -0.4 is 10.6 Å². The standard InChI is InChI=1S/C17H22BrN3O2/c1-19-17(21-12-14-5-2-6-15(18)11-14)20-8-4-9-22-13-16-7-3-10-23-16/h2-3,5-7,10-11H,4,8-9,12-13H2,1H3,(H2,19,20,21). The SMILES string of the molecule is CN=C(NCCCOCc1ccco1)NCc1cccc(Br)c1. The van der Waals surface area contributed by atoms with Gasteiger partial charge in [0.05, 0.1) is 6.26 Å². The summed E-state index contributed by atoms with van der Waals surface area (Å²) in [4.78, 5) is 4.21. The summed E-state index contributed by atoms with van der Waals surface area (Å²) in [6.07, 6.45) is 2.56. The molecule has 0 saturated heterocycles. The summed E-state index contributed by atoms with van der Waals surface area (Å²) < 4.78 is 11.8. The normalized spacial score (nSPS) is 11.5. The minimum Gasteiger partial charge on any atom is -0.467 e.